The number of nitrogens with one attached hydrogen (secondary N) is 1. The van der Waals surface area contributed by atoms with Crippen LogP contribution in [0, 0.1) is 0 Å². The molecule has 0 aliphatic carbocycles. The van der Waals surface area contributed by atoms with Crippen molar-refractivity contribution in [1.29, 1.82) is 0 Å². The van der Waals surface area contributed by atoms with Crippen molar-refractivity contribution in [1.82, 2.24) is 5.32 Å². The van der Waals surface area contributed by atoms with Crippen molar-refractivity contribution in [2.45, 2.75) is 6.92 Å². The molecule has 0 radical (unpaired) electrons. The molecule has 16 heavy (non-hydrogen) atoms. The minimum absolute atomic E-state index is 0.0471. The third-order valence-corrected chi connectivity index (χ3v) is 2.52. The van der Waals surface area contributed by atoms with Crippen molar-refractivity contribution >= 4 is 28.4 Å². The first kappa shape index (κ1) is 11.2. The highest BCUT2D eigenvalue weighted by Gasteiger charge is 2.11. The van der Waals surface area contributed by atoms with Gasteiger partial charge in [-0.1, -0.05) is 18.5 Å². The van der Waals surface area contributed by atoms with E-state index in [0.29, 0.717) is 22.9 Å². The van der Waals surface area contributed by atoms with Crippen LogP contribution in [0.15, 0.2) is 28.7 Å². The summed E-state index contributed by atoms with van der Waals surface area (Å²) in [6, 6.07) is 7.01. The van der Waals surface area contributed by atoms with Crippen molar-refractivity contribution in [3.05, 3.63) is 35.0 Å². The summed E-state index contributed by atoms with van der Waals surface area (Å²) in [7, 11) is 0. The second-order valence-corrected chi connectivity index (χ2v) is 3.93. The zero-order valence-corrected chi connectivity index (χ0v) is 9.67. The van der Waals surface area contributed by atoms with Crippen LogP contribution in [0.2, 0.25) is 5.02 Å². The fraction of sp³-hybridized carbons (Fsp3) is 0.250. The molecule has 1 aromatic heterocycles. The van der Waals surface area contributed by atoms with Crippen molar-refractivity contribution in [3.8, 4) is 0 Å². The molecule has 0 saturated carbocycles. The van der Waals surface area contributed by atoms with Gasteiger partial charge >= 0.3 is 0 Å². The van der Waals surface area contributed by atoms with Crippen LogP contribution in [-0.2, 0) is 0 Å². The van der Waals surface area contributed by atoms with E-state index in [0.717, 1.165) is 11.9 Å². The summed E-state index contributed by atoms with van der Waals surface area (Å²) in [6.45, 7) is 3.01. The van der Waals surface area contributed by atoms with Gasteiger partial charge in [0.1, 0.15) is 5.58 Å². The van der Waals surface area contributed by atoms with E-state index in [1.165, 1.54) is 0 Å². The molecule has 1 heterocycles. The Morgan fingerprint density at radius 2 is 2.25 bits per heavy atom. The maximum Gasteiger partial charge on any atom is 0.211 e. The Kier molecular flexibility index (Phi) is 3.27. The minimum Gasteiger partial charge on any atom is -0.453 e. The van der Waals surface area contributed by atoms with Gasteiger partial charge in [0.15, 0.2) is 5.76 Å². The van der Waals surface area contributed by atoms with E-state index in [-0.39, 0.29) is 5.78 Å². The second-order valence-electron chi connectivity index (χ2n) is 3.50. The molecule has 0 aliphatic rings. The van der Waals surface area contributed by atoms with E-state index in [2.05, 4.69) is 5.32 Å². The highest BCUT2D eigenvalue weighted by Crippen LogP contribution is 2.23. The van der Waals surface area contributed by atoms with Gasteiger partial charge in [0, 0.05) is 10.4 Å². The minimum atomic E-state index is -0.0471. The van der Waals surface area contributed by atoms with E-state index in [1.54, 1.807) is 24.3 Å². The molecule has 0 bridgehead atoms. The van der Waals surface area contributed by atoms with Crippen LogP contribution in [0.5, 0.6) is 0 Å². The highest BCUT2D eigenvalue weighted by molar-refractivity contribution is 6.31. The van der Waals surface area contributed by atoms with Gasteiger partial charge in [-0.15, -0.1) is 0 Å². The molecule has 4 heteroatoms. The van der Waals surface area contributed by atoms with Crippen LogP contribution in [0.4, 0.5) is 0 Å². The molecule has 0 spiro atoms. The molecule has 0 amide bonds. The van der Waals surface area contributed by atoms with E-state index < -0.39 is 0 Å². The van der Waals surface area contributed by atoms with Crippen LogP contribution in [0.1, 0.15) is 17.5 Å². The Bertz CT molecular complexity index is 519. The van der Waals surface area contributed by atoms with E-state index in [1.807, 2.05) is 6.92 Å². The van der Waals surface area contributed by atoms with E-state index in [9.17, 15) is 4.79 Å². The number of furan rings is 1. The highest BCUT2D eigenvalue weighted by atomic mass is 35.5. The molecule has 84 valence electrons. The van der Waals surface area contributed by atoms with Crippen molar-refractivity contribution < 1.29 is 9.21 Å². The standard InChI is InChI=1S/C12H12ClNO2/c1-2-14-7-10(15)12-6-8-5-9(13)3-4-11(8)16-12/h3-6,14H,2,7H2,1H3. The van der Waals surface area contributed by atoms with Gasteiger partial charge in [-0.25, -0.2) is 0 Å². The number of hydrogen-bond acceptors (Lipinski definition) is 3. The number of halogens is 1. The average Bonchev–Trinajstić information content (AvgIpc) is 2.68. The van der Waals surface area contributed by atoms with Gasteiger partial charge in [-0.2, -0.15) is 0 Å². The fourth-order valence-corrected chi connectivity index (χ4v) is 1.66. The van der Waals surface area contributed by atoms with Gasteiger partial charge in [-0.3, -0.25) is 4.79 Å². The molecular formula is C12H12ClNO2. The first-order valence-electron chi connectivity index (χ1n) is 5.13. The molecule has 0 atom stereocenters. The van der Waals surface area contributed by atoms with Gasteiger partial charge in [0.2, 0.25) is 5.78 Å². The van der Waals surface area contributed by atoms with Crippen LogP contribution in [0.25, 0.3) is 11.0 Å². The van der Waals surface area contributed by atoms with Crippen molar-refractivity contribution in [2.24, 2.45) is 0 Å². The predicted octanol–water partition coefficient (Wildman–Crippen LogP) is 2.88. The largest absolute Gasteiger partial charge is 0.453 e. The van der Waals surface area contributed by atoms with Gasteiger partial charge < -0.3 is 9.73 Å². The third-order valence-electron chi connectivity index (χ3n) is 2.29. The lowest BCUT2D eigenvalue weighted by atomic mass is 10.2. The average molecular weight is 238 g/mol. The summed E-state index contributed by atoms with van der Waals surface area (Å²) >= 11 is 5.85. The van der Waals surface area contributed by atoms with Crippen LogP contribution < -0.4 is 5.32 Å². The number of likely N-dealkylation sites (N-methyl/N-ethyl adjacent to an activating group) is 1. The lowest BCUT2D eigenvalue weighted by Crippen LogP contribution is -2.22. The van der Waals surface area contributed by atoms with Gasteiger partial charge in [-0.05, 0) is 30.8 Å². The first-order chi connectivity index (χ1) is 7.70. The number of carbonyl (C=O) groups excluding carboxylic acids is 1. The normalized spacial score (nSPS) is 10.9. The molecule has 2 aromatic rings. The summed E-state index contributed by atoms with van der Waals surface area (Å²) in [5, 5.41) is 4.46. The summed E-state index contributed by atoms with van der Waals surface area (Å²) in [5.74, 6) is 0.326. The predicted molar refractivity (Wildman–Crippen MR) is 64.1 cm³/mol. The van der Waals surface area contributed by atoms with E-state index >= 15 is 0 Å². The van der Waals surface area contributed by atoms with Crippen LogP contribution in [-0.4, -0.2) is 18.9 Å². The third kappa shape index (κ3) is 2.26. The quantitative estimate of drug-likeness (QED) is 0.832. The Balaban J connectivity index is 2.28. The smallest absolute Gasteiger partial charge is 0.211 e. The fourth-order valence-electron chi connectivity index (χ4n) is 1.48. The van der Waals surface area contributed by atoms with Crippen LogP contribution >= 0.6 is 11.6 Å². The Hall–Kier alpha value is -1.32. The summed E-state index contributed by atoms with van der Waals surface area (Å²) < 4.78 is 5.43. The Morgan fingerprint density at radius 3 is 3.00 bits per heavy atom. The molecular weight excluding hydrogens is 226 g/mol. The number of hydrogen-bond donors (Lipinski definition) is 1. The van der Waals surface area contributed by atoms with E-state index in [4.69, 9.17) is 16.0 Å². The molecule has 1 N–H and O–H groups in total. The topological polar surface area (TPSA) is 42.2 Å². The summed E-state index contributed by atoms with van der Waals surface area (Å²) in [6.07, 6.45) is 0. The second kappa shape index (κ2) is 4.68. The number of benzene rings is 1. The molecule has 0 fully saturated rings. The zero-order chi connectivity index (χ0) is 11.5. The molecule has 0 saturated heterocycles. The van der Waals surface area contributed by atoms with Crippen molar-refractivity contribution in [2.75, 3.05) is 13.1 Å². The molecule has 0 unspecified atom stereocenters. The number of rotatable bonds is 4. The Labute approximate surface area is 98.4 Å². The summed E-state index contributed by atoms with van der Waals surface area (Å²) in [4.78, 5) is 11.7. The number of carbonyl (C=O) groups is 1. The number of ketones is 1. The van der Waals surface area contributed by atoms with Gasteiger partial charge in [0.25, 0.3) is 0 Å². The maximum atomic E-state index is 11.7. The number of fused-ring (bicyclic) bond motifs is 1. The molecule has 0 aliphatic heterocycles. The summed E-state index contributed by atoms with van der Waals surface area (Å²) in [5.41, 5.74) is 0.684. The monoisotopic (exact) mass is 237 g/mol. The maximum absolute atomic E-state index is 11.7. The van der Waals surface area contributed by atoms with Crippen molar-refractivity contribution in [3.63, 3.8) is 0 Å². The number of Topliss-reactive ketones (excluding diaryl/α,β-unsaturated/α-hetero) is 1. The molecule has 1 aromatic carbocycles. The molecule has 3 nitrogen and oxygen atoms in total. The van der Waals surface area contributed by atoms with Crippen LogP contribution in [0.3, 0.4) is 0 Å². The lowest BCUT2D eigenvalue weighted by molar-refractivity contribution is 0.0967. The SMILES string of the molecule is CCNCC(=O)c1cc2cc(Cl)ccc2o1. The zero-order valence-electron chi connectivity index (χ0n) is 8.92. The molecule has 2 rings (SSSR count). The first-order valence-corrected chi connectivity index (χ1v) is 5.51. The lowest BCUT2D eigenvalue weighted by Gasteiger charge is -1.96. The van der Waals surface area contributed by atoms with Gasteiger partial charge in [0.05, 0.1) is 6.54 Å². The Morgan fingerprint density at radius 1 is 1.44 bits per heavy atom.